The zero-order chi connectivity index (χ0) is 18.4. The topological polar surface area (TPSA) is 106 Å². The van der Waals surface area contributed by atoms with Gasteiger partial charge in [0.25, 0.3) is 5.69 Å². The van der Waals surface area contributed by atoms with E-state index >= 15 is 0 Å². The van der Waals surface area contributed by atoms with Crippen LogP contribution in [0.1, 0.15) is 12.0 Å². The second kappa shape index (κ2) is 8.09. The molecule has 0 unspecified atom stereocenters. The Morgan fingerprint density at radius 1 is 1.16 bits per heavy atom. The number of sulfone groups is 1. The lowest BCUT2D eigenvalue weighted by Crippen LogP contribution is -2.18. The fraction of sp³-hybridized carbons (Fsp3) is 0.188. The van der Waals surface area contributed by atoms with Crippen molar-refractivity contribution in [3.05, 3.63) is 69.2 Å². The predicted molar refractivity (Wildman–Crippen MR) is 95.3 cm³/mol. The highest BCUT2D eigenvalue weighted by Crippen LogP contribution is 2.26. The van der Waals surface area contributed by atoms with Gasteiger partial charge in [-0.2, -0.15) is 0 Å². The second-order valence-electron chi connectivity index (χ2n) is 5.30. The number of hydrogen-bond donors (Lipinski definition) is 1. The van der Waals surface area contributed by atoms with Gasteiger partial charge >= 0.3 is 0 Å². The molecule has 0 saturated carbocycles. The molecule has 0 fully saturated rings. The summed E-state index contributed by atoms with van der Waals surface area (Å²) in [6.07, 6.45) is -0.234. The molecule has 1 N–H and O–H groups in total. The van der Waals surface area contributed by atoms with Crippen molar-refractivity contribution in [2.24, 2.45) is 0 Å². The minimum absolute atomic E-state index is 0.00897. The van der Waals surface area contributed by atoms with Crippen LogP contribution in [-0.4, -0.2) is 25.0 Å². The monoisotopic (exact) mass is 382 g/mol. The van der Waals surface area contributed by atoms with E-state index in [1.807, 2.05) is 0 Å². The van der Waals surface area contributed by atoms with Crippen molar-refractivity contribution in [1.29, 1.82) is 0 Å². The number of benzene rings is 2. The summed E-state index contributed by atoms with van der Waals surface area (Å²) in [4.78, 5) is 22.0. The Hall–Kier alpha value is -2.45. The largest absolute Gasteiger partial charge is 0.325 e. The smallest absolute Gasteiger partial charge is 0.271 e. The van der Waals surface area contributed by atoms with Gasteiger partial charge in [0, 0.05) is 18.6 Å². The van der Waals surface area contributed by atoms with Gasteiger partial charge in [0.1, 0.15) is 0 Å². The summed E-state index contributed by atoms with van der Waals surface area (Å²) >= 11 is 5.88. The lowest BCUT2D eigenvalue weighted by molar-refractivity contribution is -0.384. The molecule has 0 aliphatic rings. The fourth-order valence-electron chi connectivity index (χ4n) is 2.08. The van der Waals surface area contributed by atoms with Crippen LogP contribution in [0, 0.1) is 10.1 Å². The molecule has 2 aromatic rings. The average Bonchev–Trinajstić information content (AvgIpc) is 2.55. The Kier molecular flexibility index (Phi) is 6.11. The van der Waals surface area contributed by atoms with E-state index in [9.17, 15) is 23.3 Å². The minimum Gasteiger partial charge on any atom is -0.325 e. The Balaban J connectivity index is 1.93. The Bertz CT molecular complexity index is 885. The third-order valence-corrected chi connectivity index (χ3v) is 5.22. The van der Waals surface area contributed by atoms with Crippen molar-refractivity contribution in [3.63, 3.8) is 0 Å². The minimum atomic E-state index is -3.43. The van der Waals surface area contributed by atoms with Crippen molar-refractivity contribution in [2.75, 3.05) is 11.1 Å². The molecule has 0 heterocycles. The molecule has 0 saturated heterocycles. The normalized spacial score (nSPS) is 11.1. The Morgan fingerprint density at radius 2 is 1.84 bits per heavy atom. The van der Waals surface area contributed by atoms with Gasteiger partial charge < -0.3 is 5.32 Å². The molecule has 2 aromatic carbocycles. The van der Waals surface area contributed by atoms with E-state index in [4.69, 9.17) is 11.6 Å². The molecule has 1 amide bonds. The first-order chi connectivity index (χ1) is 11.8. The average molecular weight is 383 g/mol. The molecular formula is C16H15ClN2O5S. The van der Waals surface area contributed by atoms with E-state index in [0.717, 1.165) is 6.07 Å². The molecule has 9 heteroatoms. The number of nitrogens with one attached hydrogen (secondary N) is 1. The standard InChI is InChI=1S/C16H15ClN2O5S/c17-14-10-13(19(21)22)6-7-15(14)18-16(20)8-9-25(23,24)11-12-4-2-1-3-5-12/h1-7,10H,8-9,11H2,(H,18,20). The number of nitrogens with zero attached hydrogens (tertiary/aromatic N) is 1. The van der Waals surface area contributed by atoms with Gasteiger partial charge in [-0.05, 0) is 11.6 Å². The zero-order valence-electron chi connectivity index (χ0n) is 13.0. The molecule has 25 heavy (non-hydrogen) atoms. The van der Waals surface area contributed by atoms with Crippen molar-refractivity contribution in [1.82, 2.24) is 0 Å². The van der Waals surface area contributed by atoms with Crippen LogP contribution in [0.3, 0.4) is 0 Å². The highest BCUT2D eigenvalue weighted by atomic mass is 35.5. The van der Waals surface area contributed by atoms with Gasteiger partial charge in [-0.1, -0.05) is 41.9 Å². The molecule has 0 atom stereocenters. The summed E-state index contributed by atoms with van der Waals surface area (Å²) in [6, 6.07) is 12.3. The number of nitro groups is 1. The van der Waals surface area contributed by atoms with Gasteiger partial charge in [0.15, 0.2) is 9.84 Å². The maximum Gasteiger partial charge on any atom is 0.271 e. The summed E-state index contributed by atoms with van der Waals surface area (Å²) in [6.45, 7) is 0. The number of amides is 1. The van der Waals surface area contributed by atoms with E-state index in [-0.39, 0.29) is 34.3 Å². The SMILES string of the molecule is O=C(CCS(=O)(=O)Cc1ccccc1)Nc1ccc([N+](=O)[O-])cc1Cl. The van der Waals surface area contributed by atoms with Crippen molar-refractivity contribution >= 4 is 38.7 Å². The molecule has 0 radical (unpaired) electrons. The number of hydrogen-bond acceptors (Lipinski definition) is 5. The molecule has 2 rings (SSSR count). The number of halogens is 1. The molecule has 0 bridgehead atoms. The van der Waals surface area contributed by atoms with Crippen LogP contribution in [0.4, 0.5) is 11.4 Å². The van der Waals surface area contributed by atoms with Crippen molar-refractivity contribution in [2.45, 2.75) is 12.2 Å². The highest BCUT2D eigenvalue weighted by Gasteiger charge is 2.16. The van der Waals surface area contributed by atoms with Gasteiger partial charge in [-0.15, -0.1) is 0 Å². The van der Waals surface area contributed by atoms with Gasteiger partial charge in [0.2, 0.25) is 5.91 Å². The van der Waals surface area contributed by atoms with Crippen molar-refractivity contribution in [3.8, 4) is 0 Å². The number of carbonyl (C=O) groups excluding carboxylic acids is 1. The van der Waals surface area contributed by atoms with Crippen LogP contribution in [0.15, 0.2) is 48.5 Å². The first-order valence-electron chi connectivity index (χ1n) is 7.25. The van der Waals surface area contributed by atoms with Crippen LogP contribution >= 0.6 is 11.6 Å². The Labute approximate surface area is 149 Å². The van der Waals surface area contributed by atoms with Crippen LogP contribution in [0.25, 0.3) is 0 Å². The van der Waals surface area contributed by atoms with Gasteiger partial charge in [0.05, 0.1) is 27.1 Å². The maximum atomic E-state index is 12.1. The third kappa shape index (κ3) is 5.84. The molecule has 0 aliphatic heterocycles. The molecule has 0 aliphatic carbocycles. The van der Waals surface area contributed by atoms with Crippen LogP contribution in [-0.2, 0) is 20.4 Å². The van der Waals surface area contributed by atoms with Gasteiger partial charge in [-0.3, -0.25) is 14.9 Å². The number of nitro benzene ring substituents is 1. The maximum absolute atomic E-state index is 12.1. The first kappa shape index (κ1) is 18.9. The molecule has 0 aromatic heterocycles. The lowest BCUT2D eigenvalue weighted by atomic mass is 10.2. The second-order valence-corrected chi connectivity index (χ2v) is 7.89. The van der Waals surface area contributed by atoms with E-state index in [1.165, 1.54) is 12.1 Å². The molecular weight excluding hydrogens is 368 g/mol. The van der Waals surface area contributed by atoms with Crippen LogP contribution < -0.4 is 5.32 Å². The molecule has 0 spiro atoms. The zero-order valence-corrected chi connectivity index (χ0v) is 14.6. The van der Waals surface area contributed by atoms with Gasteiger partial charge in [-0.25, -0.2) is 8.42 Å². The lowest BCUT2D eigenvalue weighted by Gasteiger charge is -2.08. The Morgan fingerprint density at radius 3 is 2.44 bits per heavy atom. The molecule has 132 valence electrons. The van der Waals surface area contributed by atoms with E-state index in [2.05, 4.69) is 5.32 Å². The summed E-state index contributed by atoms with van der Waals surface area (Å²) in [7, 11) is -3.43. The third-order valence-electron chi connectivity index (χ3n) is 3.31. The summed E-state index contributed by atoms with van der Waals surface area (Å²) in [5, 5.41) is 13.1. The fourth-order valence-corrected chi connectivity index (χ4v) is 3.64. The number of carbonyl (C=O) groups is 1. The van der Waals surface area contributed by atoms with Crippen LogP contribution in [0.5, 0.6) is 0 Å². The van der Waals surface area contributed by atoms with Crippen molar-refractivity contribution < 1.29 is 18.1 Å². The summed E-state index contributed by atoms with van der Waals surface area (Å²) < 4.78 is 24.1. The summed E-state index contributed by atoms with van der Waals surface area (Å²) in [5.41, 5.74) is 0.646. The first-order valence-corrected chi connectivity index (χ1v) is 9.45. The van der Waals surface area contributed by atoms with E-state index in [0.29, 0.717) is 5.56 Å². The number of rotatable bonds is 7. The van der Waals surface area contributed by atoms with E-state index < -0.39 is 20.7 Å². The molecule has 7 nitrogen and oxygen atoms in total. The number of anilines is 1. The van der Waals surface area contributed by atoms with Crippen LogP contribution in [0.2, 0.25) is 5.02 Å². The number of non-ortho nitro benzene ring substituents is 1. The summed E-state index contributed by atoms with van der Waals surface area (Å²) in [5.74, 6) is -0.982. The van der Waals surface area contributed by atoms with E-state index in [1.54, 1.807) is 30.3 Å². The predicted octanol–water partition coefficient (Wildman–Crippen LogP) is 3.19. The quantitative estimate of drug-likeness (QED) is 0.584. The highest BCUT2D eigenvalue weighted by molar-refractivity contribution is 7.90.